The highest BCUT2D eigenvalue weighted by Gasteiger charge is 2.17. The summed E-state index contributed by atoms with van der Waals surface area (Å²) in [4.78, 5) is 2.39. The van der Waals surface area contributed by atoms with Crippen LogP contribution < -0.4 is 20.1 Å². The first-order chi connectivity index (χ1) is 14.9. The predicted octanol–water partition coefficient (Wildman–Crippen LogP) is 2.88. The van der Waals surface area contributed by atoms with Gasteiger partial charge in [0, 0.05) is 42.4 Å². The van der Waals surface area contributed by atoms with Gasteiger partial charge in [-0.05, 0) is 48.6 Å². The second-order valence-corrected chi connectivity index (χ2v) is 9.82. The maximum atomic E-state index is 12.7. The van der Waals surface area contributed by atoms with E-state index < -0.39 is 10.0 Å². The van der Waals surface area contributed by atoms with Gasteiger partial charge in [0.1, 0.15) is 5.75 Å². The lowest BCUT2D eigenvalue weighted by Crippen LogP contribution is -2.42. The van der Waals surface area contributed by atoms with Crippen molar-refractivity contribution in [3.05, 3.63) is 46.9 Å². The maximum Gasteiger partial charge on any atom is 0.262 e. The number of sulfonamides is 1. The smallest absolute Gasteiger partial charge is 0.262 e. The van der Waals surface area contributed by atoms with Crippen LogP contribution in [-0.2, 0) is 14.8 Å². The van der Waals surface area contributed by atoms with Crippen molar-refractivity contribution >= 4 is 54.7 Å². The fourth-order valence-electron chi connectivity index (χ4n) is 2.99. The Morgan fingerprint density at radius 2 is 1.90 bits per heavy atom. The van der Waals surface area contributed by atoms with E-state index in [9.17, 15) is 8.42 Å². The Hall–Kier alpha value is -1.92. The van der Waals surface area contributed by atoms with Gasteiger partial charge in [0.15, 0.2) is 5.11 Å². The van der Waals surface area contributed by atoms with Crippen LogP contribution in [0.2, 0.25) is 0 Å². The number of halogens is 1. The van der Waals surface area contributed by atoms with Crippen LogP contribution in [0.3, 0.4) is 0 Å². The molecule has 0 aromatic heterocycles. The summed E-state index contributed by atoms with van der Waals surface area (Å²) in [5.41, 5.74) is 1.05. The van der Waals surface area contributed by atoms with Crippen molar-refractivity contribution < 1.29 is 17.9 Å². The quantitative estimate of drug-likeness (QED) is 0.450. The number of ether oxygens (including phenoxy) is 2. The molecule has 0 saturated carbocycles. The highest BCUT2D eigenvalue weighted by Crippen LogP contribution is 2.28. The van der Waals surface area contributed by atoms with E-state index in [1.807, 2.05) is 0 Å². The van der Waals surface area contributed by atoms with Crippen molar-refractivity contribution in [2.24, 2.45) is 0 Å². The Kier molecular flexibility index (Phi) is 8.50. The highest BCUT2D eigenvalue weighted by molar-refractivity contribution is 9.10. The molecule has 8 nitrogen and oxygen atoms in total. The summed E-state index contributed by atoms with van der Waals surface area (Å²) >= 11 is 8.69. The van der Waals surface area contributed by atoms with Crippen LogP contribution in [0, 0.1) is 0 Å². The lowest BCUT2D eigenvalue weighted by atomic mass is 10.3. The second-order valence-electron chi connectivity index (χ2n) is 6.81. The van der Waals surface area contributed by atoms with Crippen LogP contribution in [-0.4, -0.2) is 64.9 Å². The molecule has 1 saturated heterocycles. The molecule has 3 N–H and O–H groups in total. The Bertz CT molecular complexity index is 997. The van der Waals surface area contributed by atoms with Gasteiger partial charge in [-0.1, -0.05) is 15.9 Å². The van der Waals surface area contributed by atoms with Gasteiger partial charge >= 0.3 is 0 Å². The molecule has 0 spiro atoms. The lowest BCUT2D eigenvalue weighted by Gasteiger charge is -2.26. The number of hydrogen-bond donors (Lipinski definition) is 3. The maximum absolute atomic E-state index is 12.7. The average molecular weight is 529 g/mol. The molecule has 0 unspecified atom stereocenters. The fourth-order valence-corrected chi connectivity index (χ4v) is 4.54. The second kappa shape index (κ2) is 11.1. The number of benzene rings is 2. The van der Waals surface area contributed by atoms with E-state index in [1.165, 1.54) is 19.2 Å². The normalized spacial score (nSPS) is 14.6. The van der Waals surface area contributed by atoms with Crippen LogP contribution in [0.5, 0.6) is 5.75 Å². The minimum absolute atomic E-state index is 0.0870. The van der Waals surface area contributed by atoms with Gasteiger partial charge in [-0.2, -0.15) is 0 Å². The zero-order chi connectivity index (χ0) is 22.3. The largest absolute Gasteiger partial charge is 0.495 e. The number of anilines is 2. The standard InChI is InChI=1S/C20H25BrN4O4S2/c1-28-19-14-17(31(26,27)24-16-4-2-15(21)3-5-16)6-7-18(19)23-20(30)22-8-9-25-10-12-29-13-11-25/h2-7,14,24H,8-13H2,1H3,(H2,22,23,30). The van der Waals surface area contributed by atoms with E-state index in [4.69, 9.17) is 21.7 Å². The van der Waals surface area contributed by atoms with Crippen molar-refractivity contribution in [3.8, 4) is 5.75 Å². The molecule has 2 aromatic carbocycles. The fraction of sp³-hybridized carbons (Fsp3) is 0.350. The van der Waals surface area contributed by atoms with E-state index in [0.29, 0.717) is 28.8 Å². The molecule has 1 aliphatic rings. The summed E-state index contributed by atoms with van der Waals surface area (Å²) in [5.74, 6) is 0.371. The molecule has 0 radical (unpaired) electrons. The molecule has 2 aromatic rings. The topological polar surface area (TPSA) is 91.9 Å². The van der Waals surface area contributed by atoms with Crippen molar-refractivity contribution in [2.45, 2.75) is 4.90 Å². The summed E-state index contributed by atoms with van der Waals surface area (Å²) < 4.78 is 39.6. The van der Waals surface area contributed by atoms with Gasteiger partial charge in [0.2, 0.25) is 0 Å². The number of morpholine rings is 1. The highest BCUT2D eigenvalue weighted by atomic mass is 79.9. The molecule has 0 atom stereocenters. The van der Waals surface area contributed by atoms with Crippen LogP contribution in [0.1, 0.15) is 0 Å². The Labute approximate surface area is 196 Å². The minimum atomic E-state index is -3.77. The first-order valence-electron chi connectivity index (χ1n) is 9.69. The van der Waals surface area contributed by atoms with E-state index in [1.54, 1.807) is 30.3 Å². The number of thiocarbonyl (C=S) groups is 1. The molecule has 0 bridgehead atoms. The van der Waals surface area contributed by atoms with E-state index >= 15 is 0 Å². The van der Waals surface area contributed by atoms with Crippen LogP contribution >= 0.6 is 28.1 Å². The van der Waals surface area contributed by atoms with Gasteiger partial charge in [-0.15, -0.1) is 0 Å². The summed E-state index contributed by atoms with van der Waals surface area (Å²) in [7, 11) is -2.29. The van der Waals surface area contributed by atoms with Gasteiger partial charge in [0.05, 0.1) is 30.9 Å². The van der Waals surface area contributed by atoms with Gasteiger partial charge in [-0.25, -0.2) is 8.42 Å². The van der Waals surface area contributed by atoms with Gasteiger partial charge in [-0.3, -0.25) is 9.62 Å². The molecule has 11 heteroatoms. The molecule has 168 valence electrons. The molecule has 0 aliphatic carbocycles. The van der Waals surface area contributed by atoms with Crippen molar-refractivity contribution in [1.82, 2.24) is 10.2 Å². The molecule has 1 heterocycles. The number of nitrogens with one attached hydrogen (secondary N) is 3. The van der Waals surface area contributed by atoms with Gasteiger partial charge < -0.3 is 20.1 Å². The number of rotatable bonds is 8. The molecule has 1 fully saturated rings. The third kappa shape index (κ3) is 7.04. The summed E-state index contributed by atoms with van der Waals surface area (Å²) in [6, 6.07) is 11.5. The Balaban J connectivity index is 1.60. The average Bonchev–Trinajstić information content (AvgIpc) is 2.76. The summed E-state index contributed by atoms with van der Waals surface area (Å²) in [6.07, 6.45) is 0. The van der Waals surface area contributed by atoms with E-state index in [0.717, 1.165) is 37.3 Å². The zero-order valence-corrected chi connectivity index (χ0v) is 20.3. The predicted molar refractivity (Wildman–Crippen MR) is 129 cm³/mol. The summed E-state index contributed by atoms with van der Waals surface area (Å²) in [5, 5.41) is 6.67. The lowest BCUT2D eigenvalue weighted by molar-refractivity contribution is 0.0389. The van der Waals surface area contributed by atoms with Crippen LogP contribution in [0.15, 0.2) is 51.8 Å². The monoisotopic (exact) mass is 528 g/mol. The van der Waals surface area contributed by atoms with Crippen LogP contribution in [0.4, 0.5) is 11.4 Å². The van der Waals surface area contributed by atoms with Crippen molar-refractivity contribution in [3.63, 3.8) is 0 Å². The van der Waals surface area contributed by atoms with Crippen LogP contribution in [0.25, 0.3) is 0 Å². The molecule has 1 aliphatic heterocycles. The van der Waals surface area contributed by atoms with Crippen molar-refractivity contribution in [1.29, 1.82) is 0 Å². The molecule has 0 amide bonds. The number of hydrogen-bond acceptors (Lipinski definition) is 6. The third-order valence-corrected chi connectivity index (χ3v) is 6.80. The molecule has 3 rings (SSSR count). The Morgan fingerprint density at radius 3 is 2.58 bits per heavy atom. The molecular weight excluding hydrogens is 504 g/mol. The molecule has 31 heavy (non-hydrogen) atoms. The molecular formula is C20H25BrN4O4S2. The number of methoxy groups -OCH3 is 1. The zero-order valence-electron chi connectivity index (χ0n) is 17.1. The summed E-state index contributed by atoms with van der Waals surface area (Å²) in [6.45, 7) is 4.90. The first-order valence-corrected chi connectivity index (χ1v) is 12.4. The number of nitrogens with zero attached hydrogens (tertiary/aromatic N) is 1. The SMILES string of the molecule is COc1cc(S(=O)(=O)Nc2ccc(Br)cc2)ccc1NC(=S)NCCN1CCOCC1. The van der Waals surface area contributed by atoms with E-state index in [2.05, 4.69) is 36.2 Å². The van der Waals surface area contributed by atoms with Crippen molar-refractivity contribution in [2.75, 3.05) is 56.5 Å². The van der Waals surface area contributed by atoms with E-state index in [-0.39, 0.29) is 4.90 Å². The Morgan fingerprint density at radius 1 is 1.19 bits per heavy atom. The van der Waals surface area contributed by atoms with Gasteiger partial charge in [0.25, 0.3) is 10.0 Å². The third-order valence-electron chi connectivity index (χ3n) is 4.65. The minimum Gasteiger partial charge on any atom is -0.495 e. The first kappa shape index (κ1) is 23.7.